The maximum atomic E-state index is 5.79. The number of fused-ring (bicyclic) bond motifs is 1. The lowest BCUT2D eigenvalue weighted by atomic mass is 10.0. The van der Waals surface area contributed by atoms with Gasteiger partial charge in [0, 0.05) is 30.9 Å². The van der Waals surface area contributed by atoms with Gasteiger partial charge in [0.15, 0.2) is 0 Å². The molecule has 1 aliphatic rings. The van der Waals surface area contributed by atoms with Crippen molar-refractivity contribution in [1.29, 1.82) is 0 Å². The number of hydrogen-bond donors (Lipinski definition) is 1. The molecule has 2 heterocycles. The van der Waals surface area contributed by atoms with Crippen LogP contribution in [0.5, 0.6) is 0 Å². The Kier molecular flexibility index (Phi) is 3.26. The van der Waals surface area contributed by atoms with Crippen molar-refractivity contribution in [3.8, 4) is 0 Å². The minimum absolute atomic E-state index is 0.174. The molecule has 1 aromatic heterocycles. The molecule has 1 fully saturated rings. The smallest absolute Gasteiger partial charge is 0.0950 e. The standard InChI is InChI=1S/C15H18N2O/c1-2-11-8-17-9-13-7-12(3-4-14(11)13)15-10-16-5-6-18-15/h3-4,7-9,15-16H,2,5-6,10H2,1H3. The number of hydrogen-bond acceptors (Lipinski definition) is 3. The fraction of sp³-hybridized carbons (Fsp3) is 0.400. The van der Waals surface area contributed by atoms with Crippen molar-refractivity contribution in [2.45, 2.75) is 19.4 Å². The molecule has 1 N–H and O–H groups in total. The summed E-state index contributed by atoms with van der Waals surface area (Å²) in [7, 11) is 0. The Labute approximate surface area is 107 Å². The van der Waals surface area contributed by atoms with E-state index in [2.05, 4.69) is 35.4 Å². The number of nitrogens with one attached hydrogen (secondary N) is 1. The third-order valence-electron chi connectivity index (χ3n) is 3.55. The summed E-state index contributed by atoms with van der Waals surface area (Å²) >= 11 is 0. The van der Waals surface area contributed by atoms with Crippen molar-refractivity contribution in [3.63, 3.8) is 0 Å². The number of benzene rings is 1. The lowest BCUT2D eigenvalue weighted by Crippen LogP contribution is -2.33. The number of aromatic nitrogens is 1. The Morgan fingerprint density at radius 1 is 1.39 bits per heavy atom. The Morgan fingerprint density at radius 3 is 3.11 bits per heavy atom. The molecule has 1 saturated heterocycles. The highest BCUT2D eigenvalue weighted by molar-refractivity contribution is 5.85. The number of ether oxygens (including phenoxy) is 1. The second kappa shape index (κ2) is 5.04. The summed E-state index contributed by atoms with van der Waals surface area (Å²) in [5.74, 6) is 0. The van der Waals surface area contributed by atoms with Crippen LogP contribution in [0.25, 0.3) is 10.8 Å². The fourth-order valence-corrected chi connectivity index (χ4v) is 2.52. The van der Waals surface area contributed by atoms with Crippen molar-refractivity contribution in [3.05, 3.63) is 41.7 Å². The molecule has 3 heteroatoms. The number of morpholine rings is 1. The molecule has 0 aliphatic carbocycles. The van der Waals surface area contributed by atoms with E-state index >= 15 is 0 Å². The molecule has 0 spiro atoms. The monoisotopic (exact) mass is 242 g/mol. The summed E-state index contributed by atoms with van der Waals surface area (Å²) in [6, 6.07) is 6.58. The molecule has 3 nitrogen and oxygen atoms in total. The average molecular weight is 242 g/mol. The molecule has 1 atom stereocenters. The molecule has 94 valence electrons. The molecule has 3 rings (SSSR count). The van der Waals surface area contributed by atoms with E-state index in [0.717, 1.165) is 26.1 Å². The van der Waals surface area contributed by atoms with Crippen LogP contribution in [0.2, 0.25) is 0 Å². The van der Waals surface area contributed by atoms with E-state index in [1.54, 1.807) is 0 Å². The van der Waals surface area contributed by atoms with Gasteiger partial charge in [-0.15, -0.1) is 0 Å². The zero-order valence-electron chi connectivity index (χ0n) is 10.6. The molecule has 18 heavy (non-hydrogen) atoms. The lowest BCUT2D eigenvalue weighted by molar-refractivity contribution is 0.0278. The number of nitrogens with zero attached hydrogens (tertiary/aromatic N) is 1. The molecule has 1 aromatic carbocycles. The van der Waals surface area contributed by atoms with Crippen LogP contribution in [0.1, 0.15) is 24.2 Å². The van der Waals surface area contributed by atoms with Crippen LogP contribution in [0, 0.1) is 0 Å². The highest BCUT2D eigenvalue weighted by atomic mass is 16.5. The largest absolute Gasteiger partial charge is 0.371 e. The van der Waals surface area contributed by atoms with Gasteiger partial charge < -0.3 is 10.1 Å². The van der Waals surface area contributed by atoms with Crippen LogP contribution >= 0.6 is 0 Å². The van der Waals surface area contributed by atoms with E-state index in [1.165, 1.54) is 21.9 Å². The maximum Gasteiger partial charge on any atom is 0.0950 e. The topological polar surface area (TPSA) is 34.2 Å². The quantitative estimate of drug-likeness (QED) is 0.878. The first-order chi connectivity index (χ1) is 8.88. The van der Waals surface area contributed by atoms with Crippen LogP contribution in [-0.4, -0.2) is 24.7 Å². The second-order valence-corrected chi connectivity index (χ2v) is 4.70. The third-order valence-corrected chi connectivity index (χ3v) is 3.55. The van der Waals surface area contributed by atoms with Gasteiger partial charge in [0.25, 0.3) is 0 Å². The lowest BCUT2D eigenvalue weighted by Gasteiger charge is -2.24. The highest BCUT2D eigenvalue weighted by Gasteiger charge is 2.15. The van der Waals surface area contributed by atoms with E-state index in [-0.39, 0.29) is 6.10 Å². The van der Waals surface area contributed by atoms with Crippen LogP contribution in [0.4, 0.5) is 0 Å². The van der Waals surface area contributed by atoms with Gasteiger partial charge in [0.1, 0.15) is 0 Å². The van der Waals surface area contributed by atoms with E-state index in [9.17, 15) is 0 Å². The first kappa shape index (κ1) is 11.6. The minimum atomic E-state index is 0.174. The number of pyridine rings is 1. The zero-order chi connectivity index (χ0) is 12.4. The van der Waals surface area contributed by atoms with Crippen LogP contribution in [0.3, 0.4) is 0 Å². The van der Waals surface area contributed by atoms with Crippen molar-refractivity contribution in [2.75, 3.05) is 19.7 Å². The predicted octanol–water partition coefficient (Wildman–Crippen LogP) is 2.46. The fourth-order valence-electron chi connectivity index (χ4n) is 2.52. The SMILES string of the molecule is CCc1cncc2cc(C3CNCCO3)ccc12. The zero-order valence-corrected chi connectivity index (χ0v) is 10.6. The molecule has 0 saturated carbocycles. The molecule has 1 unspecified atom stereocenters. The van der Waals surface area contributed by atoms with Gasteiger partial charge in [-0.1, -0.05) is 19.1 Å². The van der Waals surface area contributed by atoms with E-state index < -0.39 is 0 Å². The molecule has 0 amide bonds. The Hall–Kier alpha value is -1.45. The van der Waals surface area contributed by atoms with Crippen molar-refractivity contribution < 1.29 is 4.74 Å². The normalized spacial score (nSPS) is 20.2. The highest BCUT2D eigenvalue weighted by Crippen LogP contribution is 2.25. The van der Waals surface area contributed by atoms with Gasteiger partial charge in [0.05, 0.1) is 12.7 Å². The summed E-state index contributed by atoms with van der Waals surface area (Å²) in [4.78, 5) is 4.31. The van der Waals surface area contributed by atoms with E-state index in [0.29, 0.717) is 0 Å². The summed E-state index contributed by atoms with van der Waals surface area (Å²) < 4.78 is 5.79. The second-order valence-electron chi connectivity index (χ2n) is 4.70. The Bertz CT molecular complexity index is 547. The number of aryl methyl sites for hydroxylation is 1. The molecule has 0 radical (unpaired) electrons. The summed E-state index contributed by atoms with van der Waals surface area (Å²) in [6.07, 6.45) is 5.09. The first-order valence-corrected chi connectivity index (χ1v) is 6.57. The van der Waals surface area contributed by atoms with Gasteiger partial charge in [0.2, 0.25) is 0 Å². The average Bonchev–Trinajstić information content (AvgIpc) is 2.47. The molecule has 0 bridgehead atoms. The van der Waals surface area contributed by atoms with Crippen molar-refractivity contribution in [2.24, 2.45) is 0 Å². The van der Waals surface area contributed by atoms with Gasteiger partial charge >= 0.3 is 0 Å². The van der Waals surface area contributed by atoms with Gasteiger partial charge in [-0.2, -0.15) is 0 Å². The van der Waals surface area contributed by atoms with Crippen LogP contribution in [-0.2, 0) is 11.2 Å². The van der Waals surface area contributed by atoms with Crippen LogP contribution in [0.15, 0.2) is 30.6 Å². The summed E-state index contributed by atoms with van der Waals surface area (Å²) in [5, 5.41) is 5.88. The molecular weight excluding hydrogens is 224 g/mol. The van der Waals surface area contributed by atoms with Gasteiger partial charge in [-0.3, -0.25) is 4.98 Å². The number of rotatable bonds is 2. The third kappa shape index (κ3) is 2.11. The molecule has 2 aromatic rings. The van der Waals surface area contributed by atoms with Crippen LogP contribution < -0.4 is 5.32 Å². The minimum Gasteiger partial charge on any atom is -0.371 e. The summed E-state index contributed by atoms with van der Waals surface area (Å²) in [6.45, 7) is 4.80. The van der Waals surface area contributed by atoms with Crippen molar-refractivity contribution in [1.82, 2.24) is 10.3 Å². The molecule has 1 aliphatic heterocycles. The van der Waals surface area contributed by atoms with E-state index in [1.807, 2.05) is 12.4 Å². The Morgan fingerprint density at radius 2 is 2.33 bits per heavy atom. The van der Waals surface area contributed by atoms with Gasteiger partial charge in [-0.25, -0.2) is 0 Å². The molecular formula is C15H18N2O. The summed E-state index contributed by atoms with van der Waals surface area (Å²) in [5.41, 5.74) is 2.55. The maximum absolute atomic E-state index is 5.79. The Balaban J connectivity index is 2.00. The van der Waals surface area contributed by atoms with Gasteiger partial charge in [-0.05, 0) is 29.0 Å². The predicted molar refractivity (Wildman–Crippen MR) is 72.7 cm³/mol. The van der Waals surface area contributed by atoms with Crippen molar-refractivity contribution >= 4 is 10.8 Å². The van der Waals surface area contributed by atoms with E-state index in [4.69, 9.17) is 4.74 Å². The first-order valence-electron chi connectivity index (χ1n) is 6.57.